The van der Waals surface area contributed by atoms with Crippen LogP contribution in [0.1, 0.15) is 6.92 Å². The minimum atomic E-state index is -0.0524. The SMILES string of the molecule is C=CCOc1cccc(NC(=O)SCC)c1. The van der Waals surface area contributed by atoms with Crippen molar-refractivity contribution in [1.29, 1.82) is 0 Å². The van der Waals surface area contributed by atoms with Gasteiger partial charge in [0, 0.05) is 11.8 Å². The average Bonchev–Trinajstić information content (AvgIpc) is 2.27. The van der Waals surface area contributed by atoms with E-state index in [0.29, 0.717) is 6.61 Å². The van der Waals surface area contributed by atoms with Crippen molar-refractivity contribution in [3.63, 3.8) is 0 Å². The van der Waals surface area contributed by atoms with Gasteiger partial charge in [0.2, 0.25) is 0 Å². The number of hydrogen-bond acceptors (Lipinski definition) is 3. The third-order valence-electron chi connectivity index (χ3n) is 1.72. The van der Waals surface area contributed by atoms with E-state index in [4.69, 9.17) is 4.74 Å². The molecule has 3 nitrogen and oxygen atoms in total. The first-order chi connectivity index (χ1) is 7.76. The van der Waals surface area contributed by atoms with Crippen LogP contribution >= 0.6 is 11.8 Å². The predicted molar refractivity (Wildman–Crippen MR) is 69.3 cm³/mol. The van der Waals surface area contributed by atoms with Crippen LogP contribution in [0.4, 0.5) is 10.5 Å². The first-order valence-corrected chi connectivity index (χ1v) is 6.02. The summed E-state index contributed by atoms with van der Waals surface area (Å²) in [6.45, 7) is 5.97. The smallest absolute Gasteiger partial charge is 0.283 e. The predicted octanol–water partition coefficient (Wildman–Crippen LogP) is 3.54. The third-order valence-corrected chi connectivity index (χ3v) is 2.38. The second-order valence-corrected chi connectivity index (χ2v) is 4.21. The molecule has 0 aromatic heterocycles. The van der Waals surface area contributed by atoms with Crippen LogP contribution in [0.25, 0.3) is 0 Å². The Morgan fingerprint density at radius 2 is 2.44 bits per heavy atom. The highest BCUT2D eigenvalue weighted by atomic mass is 32.2. The second-order valence-electron chi connectivity index (χ2n) is 2.97. The number of thioether (sulfide) groups is 1. The topological polar surface area (TPSA) is 38.3 Å². The van der Waals surface area contributed by atoms with E-state index in [1.807, 2.05) is 25.1 Å². The summed E-state index contributed by atoms with van der Waals surface area (Å²) in [5.41, 5.74) is 0.743. The number of benzene rings is 1. The van der Waals surface area contributed by atoms with Gasteiger partial charge in [-0.15, -0.1) is 0 Å². The van der Waals surface area contributed by atoms with Crippen LogP contribution in [0.5, 0.6) is 5.75 Å². The molecule has 0 bridgehead atoms. The molecular weight excluding hydrogens is 222 g/mol. The molecule has 86 valence electrons. The summed E-state index contributed by atoms with van der Waals surface area (Å²) < 4.78 is 5.36. The number of hydrogen-bond donors (Lipinski definition) is 1. The molecule has 16 heavy (non-hydrogen) atoms. The van der Waals surface area contributed by atoms with E-state index < -0.39 is 0 Å². The molecule has 1 aromatic rings. The monoisotopic (exact) mass is 237 g/mol. The molecule has 4 heteroatoms. The fourth-order valence-corrected chi connectivity index (χ4v) is 1.56. The lowest BCUT2D eigenvalue weighted by Gasteiger charge is -2.07. The lowest BCUT2D eigenvalue weighted by Crippen LogP contribution is -2.05. The van der Waals surface area contributed by atoms with Crippen molar-refractivity contribution in [1.82, 2.24) is 0 Å². The van der Waals surface area contributed by atoms with Gasteiger partial charge in [0.15, 0.2) is 0 Å². The normalized spacial score (nSPS) is 9.56. The Morgan fingerprint density at radius 3 is 3.12 bits per heavy atom. The first-order valence-electron chi connectivity index (χ1n) is 5.03. The van der Waals surface area contributed by atoms with Crippen molar-refractivity contribution in [3.8, 4) is 5.75 Å². The molecule has 0 heterocycles. The molecule has 0 unspecified atom stereocenters. The van der Waals surface area contributed by atoms with Crippen LogP contribution in [0.3, 0.4) is 0 Å². The lowest BCUT2D eigenvalue weighted by molar-refractivity contribution is 0.270. The van der Waals surface area contributed by atoms with Crippen molar-refractivity contribution < 1.29 is 9.53 Å². The fourth-order valence-electron chi connectivity index (χ4n) is 1.10. The van der Waals surface area contributed by atoms with Crippen LogP contribution in [-0.4, -0.2) is 17.6 Å². The first kappa shape index (κ1) is 12.6. The zero-order chi connectivity index (χ0) is 11.8. The van der Waals surface area contributed by atoms with E-state index in [-0.39, 0.29) is 5.24 Å². The Labute approximate surface area is 99.9 Å². The van der Waals surface area contributed by atoms with E-state index >= 15 is 0 Å². The van der Waals surface area contributed by atoms with E-state index in [0.717, 1.165) is 17.2 Å². The molecule has 0 saturated heterocycles. The Hall–Kier alpha value is -1.42. The molecule has 1 rings (SSSR count). The maximum absolute atomic E-state index is 11.3. The van der Waals surface area contributed by atoms with E-state index in [1.165, 1.54) is 11.8 Å². The van der Waals surface area contributed by atoms with Gasteiger partial charge in [-0.05, 0) is 17.9 Å². The Morgan fingerprint density at radius 1 is 1.62 bits per heavy atom. The van der Waals surface area contributed by atoms with Crippen molar-refractivity contribution in [2.45, 2.75) is 6.92 Å². The Bertz CT molecular complexity index is 366. The number of rotatable bonds is 5. The molecule has 0 aliphatic carbocycles. The van der Waals surface area contributed by atoms with E-state index in [2.05, 4.69) is 11.9 Å². The quantitative estimate of drug-likeness (QED) is 0.796. The minimum absolute atomic E-state index is 0.0524. The summed E-state index contributed by atoms with van der Waals surface area (Å²) >= 11 is 1.24. The second kappa shape index (κ2) is 6.95. The zero-order valence-corrected chi connectivity index (χ0v) is 10.0. The van der Waals surface area contributed by atoms with Gasteiger partial charge >= 0.3 is 0 Å². The van der Waals surface area contributed by atoms with Crippen LogP contribution in [0, 0.1) is 0 Å². The highest BCUT2D eigenvalue weighted by molar-refractivity contribution is 8.13. The molecule has 0 saturated carbocycles. The zero-order valence-electron chi connectivity index (χ0n) is 9.23. The van der Waals surface area contributed by atoms with Gasteiger partial charge in [0.05, 0.1) is 0 Å². The van der Waals surface area contributed by atoms with Crippen molar-refractivity contribution >= 4 is 22.7 Å². The molecule has 0 atom stereocenters. The molecule has 0 aliphatic heterocycles. The van der Waals surface area contributed by atoms with Gasteiger partial charge in [0.1, 0.15) is 12.4 Å². The average molecular weight is 237 g/mol. The van der Waals surface area contributed by atoms with Gasteiger partial charge in [0.25, 0.3) is 5.24 Å². The maximum atomic E-state index is 11.3. The van der Waals surface area contributed by atoms with E-state index in [9.17, 15) is 4.79 Å². The highest BCUT2D eigenvalue weighted by Gasteiger charge is 2.02. The summed E-state index contributed by atoms with van der Waals surface area (Å²) in [5.74, 6) is 1.48. The summed E-state index contributed by atoms with van der Waals surface area (Å²) in [7, 11) is 0. The van der Waals surface area contributed by atoms with Crippen LogP contribution in [-0.2, 0) is 0 Å². The van der Waals surface area contributed by atoms with Crippen LogP contribution in [0.2, 0.25) is 0 Å². The Kier molecular flexibility index (Phi) is 5.50. The van der Waals surface area contributed by atoms with Crippen molar-refractivity contribution in [3.05, 3.63) is 36.9 Å². The summed E-state index contributed by atoms with van der Waals surface area (Å²) in [6.07, 6.45) is 1.68. The maximum Gasteiger partial charge on any atom is 0.283 e. The third kappa shape index (κ3) is 4.40. The van der Waals surface area contributed by atoms with Gasteiger partial charge in [-0.1, -0.05) is 37.4 Å². The largest absolute Gasteiger partial charge is 0.489 e. The number of ether oxygens (including phenoxy) is 1. The summed E-state index contributed by atoms with van der Waals surface area (Å²) in [6, 6.07) is 7.29. The van der Waals surface area contributed by atoms with Gasteiger partial charge in [-0.3, -0.25) is 4.79 Å². The minimum Gasteiger partial charge on any atom is -0.489 e. The number of amides is 1. The van der Waals surface area contributed by atoms with Crippen molar-refractivity contribution in [2.75, 3.05) is 17.7 Å². The molecular formula is C12H15NO2S. The Balaban J connectivity index is 2.59. The van der Waals surface area contributed by atoms with Gasteiger partial charge in [-0.25, -0.2) is 0 Å². The number of carbonyl (C=O) groups excluding carboxylic acids is 1. The molecule has 0 radical (unpaired) electrons. The molecule has 0 fully saturated rings. The van der Waals surface area contributed by atoms with Crippen LogP contribution < -0.4 is 10.1 Å². The van der Waals surface area contributed by atoms with Crippen molar-refractivity contribution in [2.24, 2.45) is 0 Å². The molecule has 1 aromatic carbocycles. The summed E-state index contributed by atoms with van der Waals surface area (Å²) in [4.78, 5) is 11.3. The lowest BCUT2D eigenvalue weighted by atomic mass is 10.3. The van der Waals surface area contributed by atoms with E-state index in [1.54, 1.807) is 12.1 Å². The highest BCUT2D eigenvalue weighted by Crippen LogP contribution is 2.18. The number of anilines is 1. The fraction of sp³-hybridized carbons (Fsp3) is 0.250. The van der Waals surface area contributed by atoms with Crippen LogP contribution in [0.15, 0.2) is 36.9 Å². The molecule has 0 spiro atoms. The van der Waals surface area contributed by atoms with Gasteiger partial charge in [-0.2, -0.15) is 0 Å². The summed E-state index contributed by atoms with van der Waals surface area (Å²) in [5, 5.41) is 2.73. The molecule has 1 N–H and O–H groups in total. The molecule has 1 amide bonds. The number of nitrogens with one attached hydrogen (secondary N) is 1. The number of carbonyl (C=O) groups is 1. The molecule has 0 aliphatic rings. The standard InChI is InChI=1S/C12H15NO2S/c1-3-8-15-11-7-5-6-10(9-11)13-12(14)16-4-2/h3,5-7,9H,1,4,8H2,2H3,(H,13,14). The van der Waals surface area contributed by atoms with Gasteiger partial charge < -0.3 is 10.1 Å².